The van der Waals surface area contributed by atoms with Gasteiger partial charge in [-0.15, -0.1) is 0 Å². The summed E-state index contributed by atoms with van der Waals surface area (Å²) in [7, 11) is 0. The molecule has 0 radical (unpaired) electrons. The highest BCUT2D eigenvalue weighted by Crippen LogP contribution is 2.29. The van der Waals surface area contributed by atoms with Gasteiger partial charge in [0.1, 0.15) is 0 Å². The van der Waals surface area contributed by atoms with Crippen molar-refractivity contribution in [3.8, 4) is 22.4 Å². The number of carbonyl (C=O) groups is 1. The van der Waals surface area contributed by atoms with Crippen molar-refractivity contribution >= 4 is 17.2 Å². The molecule has 2 aromatic heterocycles. The van der Waals surface area contributed by atoms with E-state index in [-0.39, 0.29) is 5.91 Å². The van der Waals surface area contributed by atoms with Gasteiger partial charge in [0.05, 0.1) is 11.4 Å². The van der Waals surface area contributed by atoms with Gasteiger partial charge in [0.15, 0.2) is 5.65 Å². The highest BCUT2D eigenvalue weighted by Gasteiger charge is 2.18. The predicted molar refractivity (Wildman–Crippen MR) is 131 cm³/mol. The molecule has 162 valence electrons. The molecular weight excluding hydrogens is 394 g/mol. The summed E-state index contributed by atoms with van der Waals surface area (Å²) in [5.41, 5.74) is 7.02. The first kappa shape index (κ1) is 20.5. The molecule has 1 saturated carbocycles. The van der Waals surface area contributed by atoms with Crippen molar-refractivity contribution in [1.82, 2.24) is 9.38 Å². The minimum Gasteiger partial charge on any atom is -0.323 e. The van der Waals surface area contributed by atoms with Crippen molar-refractivity contribution in [2.24, 2.45) is 5.92 Å². The number of anilines is 1. The summed E-state index contributed by atoms with van der Waals surface area (Å²) in [6.45, 7) is 2.05. The molecule has 4 nitrogen and oxygen atoms in total. The van der Waals surface area contributed by atoms with Crippen molar-refractivity contribution in [1.29, 1.82) is 0 Å². The maximum atomic E-state index is 12.7. The van der Waals surface area contributed by atoms with Crippen LogP contribution in [-0.2, 0) is 4.79 Å². The molecule has 32 heavy (non-hydrogen) atoms. The molecule has 4 heteroatoms. The van der Waals surface area contributed by atoms with E-state index in [4.69, 9.17) is 4.98 Å². The molecule has 0 aliphatic heterocycles. The molecular formula is C28H29N3O. The number of hydrogen-bond donors (Lipinski definition) is 1. The highest BCUT2D eigenvalue weighted by atomic mass is 16.1. The maximum absolute atomic E-state index is 12.7. The standard InChI is InChI=1S/C28H29N3O/c1-20-16-25(29-27(32)17-21-8-4-2-5-9-21)28-30-26(19-31(28)18-20)24-14-12-23(13-15-24)22-10-6-3-7-11-22/h3,6-7,10-16,18-19,21H,2,4-5,8-9,17H2,1H3,(H,29,32). The predicted octanol–water partition coefficient (Wildman–Crippen LogP) is 6.89. The smallest absolute Gasteiger partial charge is 0.224 e. The molecule has 2 aromatic carbocycles. The Hall–Kier alpha value is -3.40. The van der Waals surface area contributed by atoms with Crippen LogP contribution in [0.1, 0.15) is 44.1 Å². The van der Waals surface area contributed by atoms with Crippen LogP contribution < -0.4 is 5.32 Å². The Morgan fingerprint density at radius 2 is 1.62 bits per heavy atom. The normalized spacial score (nSPS) is 14.5. The Morgan fingerprint density at radius 3 is 2.38 bits per heavy atom. The Balaban J connectivity index is 1.39. The van der Waals surface area contributed by atoms with Gasteiger partial charge in [-0.25, -0.2) is 4.98 Å². The second kappa shape index (κ2) is 8.99. The molecule has 0 bridgehead atoms. The van der Waals surface area contributed by atoms with E-state index in [1.165, 1.54) is 43.2 Å². The second-order valence-corrected chi connectivity index (χ2v) is 8.99. The zero-order valence-electron chi connectivity index (χ0n) is 18.6. The lowest BCUT2D eigenvalue weighted by atomic mass is 9.87. The summed E-state index contributed by atoms with van der Waals surface area (Å²) >= 11 is 0. The summed E-state index contributed by atoms with van der Waals surface area (Å²) in [6.07, 6.45) is 10.8. The molecule has 1 aliphatic carbocycles. The number of benzene rings is 2. The Labute approximate surface area is 189 Å². The number of aromatic nitrogens is 2. The fourth-order valence-electron chi connectivity index (χ4n) is 4.79. The van der Waals surface area contributed by atoms with Gasteiger partial charge in [0, 0.05) is 24.4 Å². The van der Waals surface area contributed by atoms with Gasteiger partial charge >= 0.3 is 0 Å². The molecule has 0 atom stereocenters. The van der Waals surface area contributed by atoms with Gasteiger partial charge in [-0.05, 0) is 48.4 Å². The lowest BCUT2D eigenvalue weighted by Crippen LogP contribution is -2.18. The van der Waals surface area contributed by atoms with Crippen LogP contribution in [0.15, 0.2) is 73.1 Å². The number of hydrogen-bond acceptors (Lipinski definition) is 2. The fourth-order valence-corrected chi connectivity index (χ4v) is 4.79. The SMILES string of the molecule is Cc1cc(NC(=O)CC2CCCCC2)c2nc(-c3ccc(-c4ccccc4)cc3)cn2c1. The van der Waals surface area contributed by atoms with Crippen molar-refractivity contribution in [2.45, 2.75) is 45.4 Å². The quantitative estimate of drug-likeness (QED) is 0.380. The van der Waals surface area contributed by atoms with Gasteiger partial charge in [-0.1, -0.05) is 73.9 Å². The summed E-state index contributed by atoms with van der Waals surface area (Å²) in [4.78, 5) is 17.6. The Kier molecular flexibility index (Phi) is 5.76. The van der Waals surface area contributed by atoms with Gasteiger partial charge in [-0.2, -0.15) is 0 Å². The zero-order valence-corrected chi connectivity index (χ0v) is 18.6. The van der Waals surface area contributed by atoms with Crippen molar-refractivity contribution in [3.63, 3.8) is 0 Å². The number of imidazole rings is 1. The largest absolute Gasteiger partial charge is 0.323 e. The molecule has 1 aliphatic rings. The first-order valence-corrected chi connectivity index (χ1v) is 11.6. The number of fused-ring (bicyclic) bond motifs is 1. The molecule has 1 fully saturated rings. The van der Waals surface area contributed by atoms with Gasteiger partial charge in [-0.3, -0.25) is 4.79 Å². The number of nitrogens with one attached hydrogen (secondary N) is 1. The van der Waals surface area contributed by atoms with Gasteiger partial charge in [0.25, 0.3) is 0 Å². The van der Waals surface area contributed by atoms with Crippen LogP contribution in [0.25, 0.3) is 28.0 Å². The lowest BCUT2D eigenvalue weighted by Gasteiger charge is -2.20. The van der Waals surface area contributed by atoms with Gasteiger partial charge in [0.2, 0.25) is 5.91 Å². The van der Waals surface area contributed by atoms with Crippen molar-refractivity contribution < 1.29 is 4.79 Å². The third-order valence-corrected chi connectivity index (χ3v) is 6.45. The summed E-state index contributed by atoms with van der Waals surface area (Å²) in [5, 5.41) is 3.15. The van der Waals surface area contributed by atoms with Crippen LogP contribution in [0.5, 0.6) is 0 Å². The maximum Gasteiger partial charge on any atom is 0.224 e. The number of aryl methyl sites for hydroxylation is 1. The molecule has 0 saturated heterocycles. The van der Waals surface area contributed by atoms with E-state index in [0.717, 1.165) is 28.2 Å². The summed E-state index contributed by atoms with van der Waals surface area (Å²) in [5.74, 6) is 0.615. The number of pyridine rings is 1. The molecule has 1 amide bonds. The first-order chi connectivity index (χ1) is 15.7. The molecule has 4 aromatic rings. The third-order valence-electron chi connectivity index (χ3n) is 6.45. The molecule has 0 spiro atoms. The van der Waals surface area contributed by atoms with Crippen LogP contribution in [0.2, 0.25) is 0 Å². The third kappa shape index (κ3) is 4.45. The van der Waals surface area contributed by atoms with E-state index >= 15 is 0 Å². The van der Waals surface area contributed by atoms with E-state index in [1.54, 1.807) is 0 Å². The minimum atomic E-state index is 0.0983. The first-order valence-electron chi connectivity index (χ1n) is 11.6. The number of carbonyl (C=O) groups excluding carboxylic acids is 1. The van der Waals surface area contributed by atoms with E-state index in [1.807, 2.05) is 29.7 Å². The monoisotopic (exact) mass is 423 g/mol. The van der Waals surface area contributed by atoms with Crippen LogP contribution in [-0.4, -0.2) is 15.3 Å². The Bertz CT molecular complexity index is 1220. The van der Waals surface area contributed by atoms with E-state index in [0.29, 0.717) is 12.3 Å². The molecule has 5 rings (SSSR count). The minimum absolute atomic E-state index is 0.0983. The van der Waals surface area contributed by atoms with Crippen LogP contribution in [0.4, 0.5) is 5.69 Å². The summed E-state index contributed by atoms with van der Waals surface area (Å²) < 4.78 is 2.02. The molecule has 0 unspecified atom stereocenters. The molecule has 1 N–H and O–H groups in total. The highest BCUT2D eigenvalue weighted by molar-refractivity contribution is 5.95. The van der Waals surface area contributed by atoms with Crippen LogP contribution in [0.3, 0.4) is 0 Å². The summed E-state index contributed by atoms with van der Waals surface area (Å²) in [6, 6.07) is 20.9. The van der Waals surface area contributed by atoms with Crippen molar-refractivity contribution in [3.05, 3.63) is 78.6 Å². The number of rotatable bonds is 5. The van der Waals surface area contributed by atoms with Crippen LogP contribution in [0, 0.1) is 12.8 Å². The van der Waals surface area contributed by atoms with Crippen LogP contribution >= 0.6 is 0 Å². The average molecular weight is 424 g/mol. The number of amides is 1. The average Bonchev–Trinajstić information content (AvgIpc) is 3.25. The zero-order chi connectivity index (χ0) is 21.9. The second-order valence-electron chi connectivity index (χ2n) is 8.99. The van der Waals surface area contributed by atoms with Crippen molar-refractivity contribution in [2.75, 3.05) is 5.32 Å². The van der Waals surface area contributed by atoms with Gasteiger partial charge < -0.3 is 9.72 Å². The van der Waals surface area contributed by atoms with E-state index in [2.05, 4.69) is 60.0 Å². The Morgan fingerprint density at radius 1 is 0.938 bits per heavy atom. The van der Waals surface area contributed by atoms with E-state index < -0.39 is 0 Å². The lowest BCUT2D eigenvalue weighted by molar-refractivity contribution is -0.117. The topological polar surface area (TPSA) is 46.4 Å². The number of nitrogens with zero attached hydrogens (tertiary/aromatic N) is 2. The fraction of sp³-hybridized carbons (Fsp3) is 0.286. The van der Waals surface area contributed by atoms with E-state index in [9.17, 15) is 4.79 Å². The molecule has 2 heterocycles.